The van der Waals surface area contributed by atoms with Gasteiger partial charge in [0.1, 0.15) is 18.7 Å². The summed E-state index contributed by atoms with van der Waals surface area (Å²) in [5.41, 5.74) is 4.25. The predicted octanol–water partition coefficient (Wildman–Crippen LogP) is 1.96. The molecular weight excluding hydrogens is 404 g/mol. The van der Waals surface area contributed by atoms with Crippen molar-refractivity contribution in [3.8, 4) is 11.1 Å². The average molecular weight is 426 g/mol. The van der Waals surface area contributed by atoms with Crippen LogP contribution in [-0.2, 0) is 19.1 Å². The van der Waals surface area contributed by atoms with Gasteiger partial charge < -0.3 is 25.6 Å². The van der Waals surface area contributed by atoms with E-state index in [0.29, 0.717) is 0 Å². The van der Waals surface area contributed by atoms with E-state index in [2.05, 4.69) is 10.6 Å². The molecule has 2 aromatic rings. The first-order chi connectivity index (χ1) is 14.8. The van der Waals surface area contributed by atoms with Gasteiger partial charge in [0.25, 0.3) is 0 Å². The zero-order chi connectivity index (χ0) is 22.5. The van der Waals surface area contributed by atoms with Crippen molar-refractivity contribution in [1.29, 1.82) is 0 Å². The van der Waals surface area contributed by atoms with Gasteiger partial charge in [-0.2, -0.15) is 0 Å². The zero-order valence-corrected chi connectivity index (χ0v) is 16.7. The fraction of sp³-hybridized carbons (Fsp3) is 0.273. The molecule has 0 radical (unpaired) electrons. The van der Waals surface area contributed by atoms with Gasteiger partial charge in [0, 0.05) is 5.92 Å². The van der Waals surface area contributed by atoms with Crippen molar-refractivity contribution in [3.63, 3.8) is 0 Å². The topological polar surface area (TPSA) is 142 Å². The molecule has 2 aromatic carbocycles. The van der Waals surface area contributed by atoms with E-state index in [0.717, 1.165) is 22.3 Å². The van der Waals surface area contributed by atoms with E-state index in [4.69, 9.17) is 14.9 Å². The van der Waals surface area contributed by atoms with E-state index in [9.17, 15) is 19.2 Å². The minimum atomic E-state index is -1.60. The number of amides is 2. The summed E-state index contributed by atoms with van der Waals surface area (Å²) in [4.78, 5) is 46.1. The van der Waals surface area contributed by atoms with Crippen LogP contribution in [-0.4, -0.2) is 52.8 Å². The molecular formula is C22H22N2O7. The third kappa shape index (κ3) is 5.00. The fourth-order valence-electron chi connectivity index (χ4n) is 3.55. The highest BCUT2D eigenvalue weighted by molar-refractivity contribution is 5.90. The Morgan fingerprint density at radius 2 is 1.48 bits per heavy atom. The smallest absolute Gasteiger partial charge is 0.407 e. The van der Waals surface area contributed by atoms with Crippen molar-refractivity contribution >= 4 is 23.9 Å². The third-order valence-electron chi connectivity index (χ3n) is 5.06. The van der Waals surface area contributed by atoms with Crippen molar-refractivity contribution in [3.05, 3.63) is 59.7 Å². The van der Waals surface area contributed by atoms with Gasteiger partial charge in [-0.1, -0.05) is 48.5 Å². The third-order valence-corrected chi connectivity index (χ3v) is 5.06. The van der Waals surface area contributed by atoms with Crippen LogP contribution < -0.4 is 10.6 Å². The average Bonchev–Trinajstić information content (AvgIpc) is 3.05. The van der Waals surface area contributed by atoms with Gasteiger partial charge in [-0.15, -0.1) is 0 Å². The minimum Gasteiger partial charge on any atom is -0.481 e. The van der Waals surface area contributed by atoms with Crippen molar-refractivity contribution in [1.82, 2.24) is 10.6 Å². The molecule has 0 bridgehead atoms. The highest BCUT2D eigenvalue weighted by Gasteiger charge is 2.30. The minimum absolute atomic E-state index is 0.0605. The van der Waals surface area contributed by atoms with Crippen LogP contribution in [0, 0.1) is 0 Å². The predicted molar refractivity (Wildman–Crippen MR) is 109 cm³/mol. The van der Waals surface area contributed by atoms with Gasteiger partial charge in [0.2, 0.25) is 5.91 Å². The Hall–Kier alpha value is -3.88. The standard InChI is InChI=1S/C22H22N2O7/c1-12(20(27)24-18(21(28)29)10-19(25)26)23-22(30)31-11-17-15-8-4-2-6-13(15)14-7-3-5-9-16(14)17/h2-9,12,17-18H,10-11H2,1H3,(H,23,30)(H,24,27)(H,25,26)(H,28,29)/t12-,18-/m0/s1. The Labute approximate surface area is 178 Å². The summed E-state index contributed by atoms with van der Waals surface area (Å²) >= 11 is 0. The van der Waals surface area contributed by atoms with E-state index in [-0.39, 0.29) is 12.5 Å². The molecule has 1 aliphatic carbocycles. The van der Waals surface area contributed by atoms with Crippen LogP contribution in [0.2, 0.25) is 0 Å². The quantitative estimate of drug-likeness (QED) is 0.505. The molecule has 0 saturated carbocycles. The highest BCUT2D eigenvalue weighted by atomic mass is 16.5. The molecule has 31 heavy (non-hydrogen) atoms. The maximum atomic E-state index is 12.2. The van der Waals surface area contributed by atoms with Crippen LogP contribution in [0.1, 0.15) is 30.4 Å². The lowest BCUT2D eigenvalue weighted by Crippen LogP contribution is -2.51. The lowest BCUT2D eigenvalue weighted by Gasteiger charge is -2.19. The van der Waals surface area contributed by atoms with E-state index >= 15 is 0 Å². The van der Waals surface area contributed by atoms with Crippen molar-refractivity contribution < 1.29 is 34.1 Å². The molecule has 4 N–H and O–H groups in total. The monoisotopic (exact) mass is 426 g/mol. The molecule has 2 atom stereocenters. The first-order valence-electron chi connectivity index (χ1n) is 9.64. The molecule has 162 valence electrons. The number of carboxylic acids is 2. The molecule has 0 spiro atoms. The SMILES string of the molecule is C[C@H](NC(=O)OCC1c2ccccc2-c2ccccc21)C(=O)N[C@@H](CC(=O)O)C(=O)O. The normalized spacial score (nSPS) is 14.0. The fourth-order valence-corrected chi connectivity index (χ4v) is 3.55. The number of benzene rings is 2. The number of alkyl carbamates (subject to hydrolysis) is 1. The van der Waals surface area contributed by atoms with Crippen molar-refractivity contribution in [2.75, 3.05) is 6.61 Å². The molecule has 0 fully saturated rings. The summed E-state index contributed by atoms with van der Waals surface area (Å²) in [6, 6.07) is 13.0. The first-order valence-corrected chi connectivity index (χ1v) is 9.64. The number of fused-ring (bicyclic) bond motifs is 3. The number of ether oxygens (including phenoxy) is 1. The van der Waals surface area contributed by atoms with Crippen molar-refractivity contribution in [2.45, 2.75) is 31.3 Å². The number of rotatable bonds is 8. The maximum absolute atomic E-state index is 12.2. The number of carbonyl (C=O) groups excluding carboxylic acids is 2. The second-order valence-electron chi connectivity index (χ2n) is 7.19. The van der Waals surface area contributed by atoms with E-state index < -0.39 is 42.4 Å². The van der Waals surface area contributed by atoms with Gasteiger partial charge in [-0.25, -0.2) is 9.59 Å². The van der Waals surface area contributed by atoms with Crippen LogP contribution in [0.3, 0.4) is 0 Å². The molecule has 0 aliphatic heterocycles. The van der Waals surface area contributed by atoms with Gasteiger partial charge in [-0.05, 0) is 29.2 Å². The Morgan fingerprint density at radius 3 is 2.00 bits per heavy atom. The molecule has 0 saturated heterocycles. The summed E-state index contributed by atoms with van der Waals surface area (Å²) in [7, 11) is 0. The number of carboxylic acid groups (broad SMARTS) is 2. The second-order valence-corrected chi connectivity index (χ2v) is 7.19. The number of carbonyl (C=O) groups is 4. The Balaban J connectivity index is 1.58. The lowest BCUT2D eigenvalue weighted by atomic mass is 9.98. The number of hydrogen-bond donors (Lipinski definition) is 4. The maximum Gasteiger partial charge on any atom is 0.407 e. The van der Waals surface area contributed by atoms with E-state index in [1.54, 1.807) is 0 Å². The summed E-state index contributed by atoms with van der Waals surface area (Å²) in [6.45, 7) is 1.40. The molecule has 9 heteroatoms. The molecule has 1 aliphatic rings. The van der Waals surface area contributed by atoms with Gasteiger partial charge in [0.15, 0.2) is 0 Å². The van der Waals surface area contributed by atoms with Gasteiger partial charge in [0.05, 0.1) is 6.42 Å². The summed E-state index contributed by atoms with van der Waals surface area (Å²) in [6.07, 6.45) is -1.62. The van der Waals surface area contributed by atoms with Crippen LogP contribution in [0.15, 0.2) is 48.5 Å². The van der Waals surface area contributed by atoms with Gasteiger partial charge >= 0.3 is 18.0 Å². The Morgan fingerprint density at radius 1 is 0.935 bits per heavy atom. The Bertz CT molecular complexity index is 975. The van der Waals surface area contributed by atoms with Crippen LogP contribution >= 0.6 is 0 Å². The number of hydrogen-bond acceptors (Lipinski definition) is 5. The molecule has 0 aromatic heterocycles. The molecule has 0 unspecified atom stereocenters. The van der Waals surface area contributed by atoms with Crippen LogP contribution in [0.4, 0.5) is 4.79 Å². The molecule has 2 amide bonds. The number of aliphatic carboxylic acids is 2. The second kappa shape index (κ2) is 9.29. The zero-order valence-electron chi connectivity index (χ0n) is 16.7. The first kappa shape index (κ1) is 21.8. The highest BCUT2D eigenvalue weighted by Crippen LogP contribution is 2.44. The molecule has 3 rings (SSSR count). The molecule has 0 heterocycles. The lowest BCUT2D eigenvalue weighted by molar-refractivity contribution is -0.147. The largest absolute Gasteiger partial charge is 0.481 e. The van der Waals surface area contributed by atoms with Crippen LogP contribution in [0.25, 0.3) is 11.1 Å². The molecule has 9 nitrogen and oxygen atoms in total. The van der Waals surface area contributed by atoms with E-state index in [1.165, 1.54) is 6.92 Å². The van der Waals surface area contributed by atoms with Crippen molar-refractivity contribution in [2.24, 2.45) is 0 Å². The van der Waals surface area contributed by atoms with Gasteiger partial charge in [-0.3, -0.25) is 9.59 Å². The number of nitrogens with one attached hydrogen (secondary N) is 2. The summed E-state index contributed by atoms with van der Waals surface area (Å²) < 4.78 is 5.34. The van der Waals surface area contributed by atoms with E-state index in [1.807, 2.05) is 48.5 Å². The summed E-state index contributed by atoms with van der Waals surface area (Å²) in [5.74, 6) is -3.83. The van der Waals surface area contributed by atoms with Crippen LogP contribution in [0.5, 0.6) is 0 Å². The summed E-state index contributed by atoms with van der Waals surface area (Å²) in [5, 5.41) is 22.2. The Kier molecular flexibility index (Phi) is 6.54.